The summed E-state index contributed by atoms with van der Waals surface area (Å²) in [4.78, 5) is 41.9. The summed E-state index contributed by atoms with van der Waals surface area (Å²) in [6, 6.07) is 15.3. The van der Waals surface area contributed by atoms with Crippen molar-refractivity contribution >= 4 is 28.6 Å². The highest BCUT2D eigenvalue weighted by atomic mass is 16.6. The second kappa shape index (κ2) is 11.3. The van der Waals surface area contributed by atoms with Crippen LogP contribution in [0.5, 0.6) is 0 Å². The van der Waals surface area contributed by atoms with Crippen molar-refractivity contribution in [2.24, 2.45) is 0 Å². The van der Waals surface area contributed by atoms with Gasteiger partial charge in [-0.3, -0.25) is 14.4 Å². The lowest BCUT2D eigenvalue weighted by Crippen LogP contribution is -2.29. The number of benzene rings is 2. The Morgan fingerprint density at radius 2 is 1.84 bits per heavy atom. The monoisotopic (exact) mass is 508 g/mol. The van der Waals surface area contributed by atoms with Crippen LogP contribution in [0.1, 0.15) is 34.3 Å². The van der Waals surface area contributed by atoms with Crippen molar-refractivity contribution < 1.29 is 9.63 Å². The van der Waals surface area contributed by atoms with Gasteiger partial charge < -0.3 is 14.8 Å². The normalized spacial score (nSPS) is 13.4. The van der Waals surface area contributed by atoms with Gasteiger partial charge in [-0.15, -0.1) is 6.42 Å². The van der Waals surface area contributed by atoms with Crippen LogP contribution in [0.4, 0.5) is 11.6 Å². The van der Waals surface area contributed by atoms with E-state index < -0.39 is 11.3 Å². The quantitative estimate of drug-likeness (QED) is 0.278. The van der Waals surface area contributed by atoms with Gasteiger partial charge in [0.2, 0.25) is 11.4 Å². The second-order valence-electron chi connectivity index (χ2n) is 9.12. The van der Waals surface area contributed by atoms with Gasteiger partial charge in [0.15, 0.2) is 5.65 Å². The molecule has 0 radical (unpaired) electrons. The molecule has 0 unspecified atom stereocenters. The largest absolute Gasteiger partial charge is 0.324 e. The van der Waals surface area contributed by atoms with Crippen molar-refractivity contribution in [2.45, 2.75) is 19.3 Å². The fourth-order valence-corrected chi connectivity index (χ4v) is 4.57. The van der Waals surface area contributed by atoms with E-state index in [1.165, 1.54) is 51.0 Å². The van der Waals surface area contributed by atoms with Crippen LogP contribution in [-0.2, 0) is 11.3 Å². The molecule has 192 valence electrons. The molecule has 1 saturated heterocycles. The van der Waals surface area contributed by atoms with E-state index in [-0.39, 0.29) is 10.9 Å². The molecule has 1 aliphatic rings. The Balaban J connectivity index is 1.46. The summed E-state index contributed by atoms with van der Waals surface area (Å²) < 4.78 is 1.66. The Bertz CT molecular complexity index is 1550. The van der Waals surface area contributed by atoms with Crippen LogP contribution in [0, 0.1) is 12.3 Å². The number of fused-ring (bicyclic) bond motifs is 1. The number of nitrogens with one attached hydrogen (secondary N) is 2. The predicted octanol–water partition coefficient (Wildman–Crippen LogP) is 3.44. The number of hydrogen-bond acceptors (Lipinski definition) is 7. The maximum Gasteiger partial charge on any atom is 0.280 e. The zero-order valence-electron chi connectivity index (χ0n) is 21.1. The Labute approximate surface area is 220 Å². The SMILES string of the molecule is C#Cc1ccc(-n2cc(C(=O)NOC)c(=O)c3cnc(Nc4ccc(CCN5CCCC5)cc4)nc32)cc1. The maximum absolute atomic E-state index is 13.1. The third-order valence-corrected chi connectivity index (χ3v) is 6.62. The number of carbonyl (C=O) groups is 1. The third kappa shape index (κ3) is 5.42. The number of likely N-dealkylation sites (tertiary alicyclic amines) is 1. The van der Waals surface area contributed by atoms with Crippen LogP contribution in [0.2, 0.25) is 0 Å². The highest BCUT2D eigenvalue weighted by Gasteiger charge is 2.18. The number of amides is 1. The zero-order valence-corrected chi connectivity index (χ0v) is 21.1. The van der Waals surface area contributed by atoms with Crippen molar-refractivity contribution in [3.8, 4) is 18.0 Å². The highest BCUT2D eigenvalue weighted by Crippen LogP contribution is 2.20. The molecule has 1 aliphatic heterocycles. The van der Waals surface area contributed by atoms with Crippen molar-refractivity contribution in [1.82, 2.24) is 24.9 Å². The molecule has 0 spiro atoms. The van der Waals surface area contributed by atoms with Gasteiger partial charge in [0.05, 0.1) is 12.5 Å². The zero-order chi connectivity index (χ0) is 26.5. The minimum absolute atomic E-state index is 0.103. The molecule has 0 bridgehead atoms. The molecule has 2 aromatic carbocycles. The molecule has 9 heteroatoms. The minimum atomic E-state index is -0.666. The first kappa shape index (κ1) is 25.1. The molecule has 2 aromatic heterocycles. The summed E-state index contributed by atoms with van der Waals surface area (Å²) in [6.45, 7) is 3.46. The smallest absolute Gasteiger partial charge is 0.280 e. The fourth-order valence-electron chi connectivity index (χ4n) is 4.57. The first-order chi connectivity index (χ1) is 18.6. The van der Waals surface area contributed by atoms with E-state index in [4.69, 9.17) is 11.3 Å². The van der Waals surface area contributed by atoms with Gasteiger partial charge in [0.1, 0.15) is 5.56 Å². The Kier molecular flexibility index (Phi) is 7.45. The average molecular weight is 509 g/mol. The summed E-state index contributed by atoms with van der Waals surface area (Å²) in [7, 11) is 1.30. The lowest BCUT2D eigenvalue weighted by atomic mass is 10.1. The molecule has 0 aliphatic carbocycles. The van der Waals surface area contributed by atoms with Gasteiger partial charge in [0, 0.05) is 35.9 Å². The molecular weight excluding hydrogens is 480 g/mol. The molecule has 9 nitrogen and oxygen atoms in total. The summed E-state index contributed by atoms with van der Waals surface area (Å²) in [5.41, 5.74) is 5.43. The van der Waals surface area contributed by atoms with Gasteiger partial charge in [-0.25, -0.2) is 10.5 Å². The number of rotatable bonds is 8. The molecule has 1 fully saturated rings. The molecular formula is C29H28N6O3. The third-order valence-electron chi connectivity index (χ3n) is 6.62. The number of pyridine rings is 1. The molecule has 38 heavy (non-hydrogen) atoms. The maximum atomic E-state index is 13.1. The lowest BCUT2D eigenvalue weighted by molar-refractivity contribution is 0.0536. The fraction of sp³-hybridized carbons (Fsp3) is 0.241. The molecule has 1 amide bonds. The lowest BCUT2D eigenvalue weighted by Gasteiger charge is -2.15. The van der Waals surface area contributed by atoms with Crippen LogP contribution in [0.15, 0.2) is 65.7 Å². The average Bonchev–Trinajstić information content (AvgIpc) is 3.47. The Morgan fingerprint density at radius 3 is 2.53 bits per heavy atom. The number of aromatic nitrogens is 3. The molecule has 2 N–H and O–H groups in total. The van der Waals surface area contributed by atoms with Gasteiger partial charge in [-0.1, -0.05) is 18.1 Å². The van der Waals surface area contributed by atoms with Gasteiger partial charge in [-0.05, 0) is 74.3 Å². The van der Waals surface area contributed by atoms with Gasteiger partial charge in [0.25, 0.3) is 5.91 Å². The van der Waals surface area contributed by atoms with E-state index in [0.717, 1.165) is 18.7 Å². The summed E-state index contributed by atoms with van der Waals surface area (Å²) in [6.07, 6.45) is 12.0. The second-order valence-corrected chi connectivity index (χ2v) is 9.12. The Hall–Kier alpha value is -4.52. The standard InChI is InChI=1S/C29H28N6O3/c1-3-20-8-12-23(13-9-20)35-19-25(28(37)33-38-2)26(36)24-18-30-29(32-27(24)35)31-22-10-6-21(7-11-22)14-17-34-15-4-5-16-34/h1,6-13,18-19H,4-5,14-17H2,2H3,(H,33,37)(H,30,31,32). The molecule has 3 heterocycles. The van der Waals surface area contributed by atoms with Crippen LogP contribution >= 0.6 is 0 Å². The van der Waals surface area contributed by atoms with Crippen LogP contribution < -0.4 is 16.2 Å². The first-order valence-electron chi connectivity index (χ1n) is 12.5. The van der Waals surface area contributed by atoms with Crippen molar-refractivity contribution in [1.29, 1.82) is 0 Å². The first-order valence-corrected chi connectivity index (χ1v) is 12.5. The van der Waals surface area contributed by atoms with Gasteiger partial charge in [-0.2, -0.15) is 4.98 Å². The van der Waals surface area contributed by atoms with E-state index in [0.29, 0.717) is 22.8 Å². The molecule has 0 saturated carbocycles. The minimum Gasteiger partial charge on any atom is -0.324 e. The van der Waals surface area contributed by atoms with E-state index in [1.54, 1.807) is 28.8 Å². The van der Waals surface area contributed by atoms with E-state index in [9.17, 15) is 9.59 Å². The van der Waals surface area contributed by atoms with Crippen LogP contribution in [0.3, 0.4) is 0 Å². The summed E-state index contributed by atoms with van der Waals surface area (Å²) >= 11 is 0. The number of nitrogens with zero attached hydrogens (tertiary/aromatic N) is 4. The predicted molar refractivity (Wildman–Crippen MR) is 147 cm³/mol. The number of hydrogen-bond donors (Lipinski definition) is 2. The number of anilines is 2. The Morgan fingerprint density at radius 1 is 1.11 bits per heavy atom. The number of terminal acetylenes is 1. The van der Waals surface area contributed by atoms with Crippen molar-refractivity contribution in [3.05, 3.63) is 87.8 Å². The highest BCUT2D eigenvalue weighted by molar-refractivity contribution is 5.96. The topological polar surface area (TPSA) is 101 Å². The van der Waals surface area contributed by atoms with Crippen molar-refractivity contribution in [2.75, 3.05) is 32.1 Å². The number of carbonyl (C=O) groups excluding carboxylic acids is 1. The summed E-state index contributed by atoms with van der Waals surface area (Å²) in [5.74, 6) is 2.24. The van der Waals surface area contributed by atoms with Crippen LogP contribution in [-0.4, -0.2) is 52.1 Å². The van der Waals surface area contributed by atoms with E-state index in [1.807, 2.05) is 12.1 Å². The van der Waals surface area contributed by atoms with E-state index in [2.05, 4.69) is 43.7 Å². The molecule has 5 rings (SSSR count). The number of hydroxylamine groups is 1. The van der Waals surface area contributed by atoms with E-state index >= 15 is 0 Å². The van der Waals surface area contributed by atoms with Crippen molar-refractivity contribution in [3.63, 3.8) is 0 Å². The van der Waals surface area contributed by atoms with Gasteiger partial charge >= 0.3 is 0 Å². The summed E-state index contributed by atoms with van der Waals surface area (Å²) in [5, 5.41) is 3.41. The molecule has 4 aromatic rings. The van der Waals surface area contributed by atoms with Crippen LogP contribution in [0.25, 0.3) is 16.7 Å². The molecule has 0 atom stereocenters.